The molecule has 0 bridgehead atoms. The van der Waals surface area contributed by atoms with Gasteiger partial charge in [0.2, 0.25) is 0 Å². The van der Waals surface area contributed by atoms with Crippen molar-refractivity contribution in [3.05, 3.63) is 0 Å². The van der Waals surface area contributed by atoms with Crippen molar-refractivity contribution in [1.29, 1.82) is 0 Å². The Bertz CT molecular complexity index is 291. The second kappa shape index (κ2) is 26.1. The van der Waals surface area contributed by atoms with Gasteiger partial charge in [-0.3, -0.25) is 4.90 Å². The quantitative estimate of drug-likeness (QED) is 0.199. The van der Waals surface area contributed by atoms with E-state index in [9.17, 15) is 9.90 Å². The molecule has 162 valence electrons. The average molecular weight is 422 g/mol. The van der Waals surface area contributed by atoms with Crippen LogP contribution in [0.5, 0.6) is 0 Å². The van der Waals surface area contributed by atoms with Crippen LogP contribution < -0.4 is 56.5 Å². The predicted octanol–water partition coefficient (Wildman–Crippen LogP) is 3.10. The summed E-state index contributed by atoms with van der Waals surface area (Å²) in [6.07, 6.45) is 23.6. The SMILES string of the molecule is CCCCCCCCCCCN(CCCCCCCCCCC)CC(=O)[O-].[K+]. The van der Waals surface area contributed by atoms with E-state index in [1.807, 2.05) is 0 Å². The van der Waals surface area contributed by atoms with Crippen LogP contribution in [0.4, 0.5) is 0 Å². The van der Waals surface area contributed by atoms with Gasteiger partial charge in [-0.2, -0.15) is 0 Å². The molecule has 28 heavy (non-hydrogen) atoms. The molecule has 0 heterocycles. The maximum absolute atomic E-state index is 11.0. The Morgan fingerprint density at radius 1 is 0.571 bits per heavy atom. The van der Waals surface area contributed by atoms with Crippen LogP contribution in [0.1, 0.15) is 129 Å². The third-order valence-electron chi connectivity index (χ3n) is 5.51. The molecular formula is C24H48KNO2. The second-order valence-corrected chi connectivity index (χ2v) is 8.31. The molecule has 0 aliphatic carbocycles. The van der Waals surface area contributed by atoms with Crippen LogP contribution in [0.2, 0.25) is 0 Å². The molecule has 0 N–H and O–H groups in total. The molecule has 0 aromatic heterocycles. The molecule has 0 aromatic rings. The molecule has 0 aromatic carbocycles. The summed E-state index contributed by atoms with van der Waals surface area (Å²) >= 11 is 0. The van der Waals surface area contributed by atoms with E-state index in [0.717, 1.165) is 25.9 Å². The Hall–Kier alpha value is 1.07. The van der Waals surface area contributed by atoms with Crippen LogP contribution in [0.25, 0.3) is 0 Å². The van der Waals surface area contributed by atoms with E-state index in [2.05, 4.69) is 18.7 Å². The number of aliphatic carboxylic acids is 1. The molecule has 0 aliphatic rings. The zero-order chi connectivity index (χ0) is 20.0. The normalized spacial score (nSPS) is 11.0. The van der Waals surface area contributed by atoms with Crippen molar-refractivity contribution in [2.24, 2.45) is 0 Å². The van der Waals surface area contributed by atoms with Crippen molar-refractivity contribution in [1.82, 2.24) is 4.90 Å². The summed E-state index contributed by atoms with van der Waals surface area (Å²) in [4.78, 5) is 13.1. The number of carbonyl (C=O) groups is 1. The van der Waals surface area contributed by atoms with Gasteiger partial charge in [-0.25, -0.2) is 0 Å². The Labute approximate surface area is 219 Å². The fourth-order valence-corrected chi connectivity index (χ4v) is 3.74. The predicted molar refractivity (Wildman–Crippen MR) is 116 cm³/mol. The van der Waals surface area contributed by atoms with Gasteiger partial charge in [0.15, 0.2) is 0 Å². The third-order valence-corrected chi connectivity index (χ3v) is 5.51. The number of nitrogens with zero attached hydrogens (tertiary/aromatic N) is 1. The van der Waals surface area contributed by atoms with E-state index in [1.165, 1.54) is 103 Å². The number of carboxylic acid groups (broad SMARTS) is 1. The minimum Gasteiger partial charge on any atom is -0.549 e. The van der Waals surface area contributed by atoms with Crippen molar-refractivity contribution in [2.45, 2.75) is 129 Å². The molecule has 0 atom stereocenters. The van der Waals surface area contributed by atoms with E-state index < -0.39 is 5.97 Å². The number of carbonyl (C=O) groups excluding carboxylic acids is 1. The van der Waals surface area contributed by atoms with Gasteiger partial charge < -0.3 is 9.90 Å². The molecule has 0 fully saturated rings. The van der Waals surface area contributed by atoms with Crippen LogP contribution in [0.15, 0.2) is 0 Å². The average Bonchev–Trinajstić information content (AvgIpc) is 2.64. The summed E-state index contributed by atoms with van der Waals surface area (Å²) < 4.78 is 0. The summed E-state index contributed by atoms with van der Waals surface area (Å²) in [5.74, 6) is -0.929. The Morgan fingerprint density at radius 3 is 1.14 bits per heavy atom. The topological polar surface area (TPSA) is 43.4 Å². The number of hydrogen-bond donors (Lipinski definition) is 0. The van der Waals surface area contributed by atoms with Gasteiger partial charge in [-0.05, 0) is 25.9 Å². The molecule has 0 saturated heterocycles. The Morgan fingerprint density at radius 2 is 0.857 bits per heavy atom. The zero-order valence-electron chi connectivity index (χ0n) is 19.6. The van der Waals surface area contributed by atoms with Crippen LogP contribution in [-0.4, -0.2) is 30.5 Å². The van der Waals surface area contributed by atoms with Gasteiger partial charge in [-0.15, -0.1) is 0 Å². The van der Waals surface area contributed by atoms with Gasteiger partial charge in [0, 0.05) is 6.54 Å². The molecule has 4 heteroatoms. The monoisotopic (exact) mass is 421 g/mol. The standard InChI is InChI=1S/C24H49NO2.K/c1-3-5-7-9-11-13-15-17-19-21-25(23-24(26)27)22-20-18-16-14-12-10-8-6-4-2;/h3-23H2,1-2H3,(H,26,27);/q;+1/p-1. The van der Waals surface area contributed by atoms with Crippen LogP contribution in [-0.2, 0) is 4.79 Å². The first-order valence-electron chi connectivity index (χ1n) is 12.1. The van der Waals surface area contributed by atoms with Gasteiger partial charge in [0.05, 0.1) is 5.97 Å². The summed E-state index contributed by atoms with van der Waals surface area (Å²) in [5, 5.41) is 11.0. The second-order valence-electron chi connectivity index (χ2n) is 8.31. The molecular weight excluding hydrogens is 373 g/mol. The zero-order valence-corrected chi connectivity index (χ0v) is 22.7. The van der Waals surface area contributed by atoms with Gasteiger partial charge in [-0.1, -0.05) is 117 Å². The van der Waals surface area contributed by atoms with E-state index in [4.69, 9.17) is 0 Å². The first-order chi connectivity index (χ1) is 13.2. The third kappa shape index (κ3) is 25.1. The maximum Gasteiger partial charge on any atom is 1.00 e. The van der Waals surface area contributed by atoms with E-state index in [1.54, 1.807) is 0 Å². The number of unbranched alkanes of at least 4 members (excludes halogenated alkanes) is 16. The maximum atomic E-state index is 11.0. The van der Waals surface area contributed by atoms with E-state index in [0.29, 0.717) is 0 Å². The molecule has 0 saturated carbocycles. The Kier molecular flexibility index (Phi) is 29.1. The molecule has 0 radical (unpaired) electrons. The fraction of sp³-hybridized carbons (Fsp3) is 0.958. The van der Waals surface area contributed by atoms with Crippen LogP contribution in [0, 0.1) is 0 Å². The number of carboxylic acids is 1. The summed E-state index contributed by atoms with van der Waals surface area (Å²) in [6, 6.07) is 0. The number of rotatable bonds is 22. The molecule has 0 amide bonds. The Balaban J connectivity index is 0. The molecule has 0 spiro atoms. The molecule has 3 nitrogen and oxygen atoms in total. The molecule has 0 aliphatic heterocycles. The van der Waals surface area contributed by atoms with Crippen molar-refractivity contribution < 1.29 is 61.3 Å². The minimum absolute atomic E-state index is 0. The largest absolute Gasteiger partial charge is 1.00 e. The number of hydrogen-bond acceptors (Lipinski definition) is 3. The summed E-state index contributed by atoms with van der Waals surface area (Å²) in [6.45, 7) is 6.45. The smallest absolute Gasteiger partial charge is 0.549 e. The van der Waals surface area contributed by atoms with Gasteiger partial charge in [0.25, 0.3) is 0 Å². The van der Waals surface area contributed by atoms with E-state index in [-0.39, 0.29) is 57.9 Å². The van der Waals surface area contributed by atoms with Crippen LogP contribution in [0.3, 0.4) is 0 Å². The van der Waals surface area contributed by atoms with Crippen molar-refractivity contribution >= 4 is 5.97 Å². The minimum atomic E-state index is -0.929. The van der Waals surface area contributed by atoms with Gasteiger partial charge in [0.1, 0.15) is 0 Å². The van der Waals surface area contributed by atoms with E-state index >= 15 is 0 Å². The molecule has 0 rings (SSSR count). The summed E-state index contributed by atoms with van der Waals surface area (Å²) in [7, 11) is 0. The first-order valence-corrected chi connectivity index (χ1v) is 12.1. The van der Waals surface area contributed by atoms with Crippen LogP contribution >= 0.6 is 0 Å². The first kappa shape index (κ1) is 31.3. The molecule has 0 unspecified atom stereocenters. The van der Waals surface area contributed by atoms with Crippen molar-refractivity contribution in [3.63, 3.8) is 0 Å². The fourth-order valence-electron chi connectivity index (χ4n) is 3.74. The van der Waals surface area contributed by atoms with Crippen molar-refractivity contribution in [3.8, 4) is 0 Å². The van der Waals surface area contributed by atoms with Gasteiger partial charge >= 0.3 is 51.4 Å². The summed E-state index contributed by atoms with van der Waals surface area (Å²) in [5.41, 5.74) is 0. The van der Waals surface area contributed by atoms with Crippen molar-refractivity contribution in [2.75, 3.05) is 19.6 Å².